The van der Waals surface area contributed by atoms with E-state index in [9.17, 15) is 14.4 Å². The molecule has 1 aromatic rings. The third-order valence-corrected chi connectivity index (χ3v) is 4.63. The van der Waals surface area contributed by atoms with Crippen LogP contribution in [0, 0.1) is 0 Å². The van der Waals surface area contributed by atoms with E-state index in [4.69, 9.17) is 16.3 Å². The van der Waals surface area contributed by atoms with Crippen molar-refractivity contribution in [3.8, 4) is 0 Å². The number of rotatable bonds is 7. The van der Waals surface area contributed by atoms with Crippen LogP contribution in [0.15, 0.2) is 24.3 Å². The Labute approximate surface area is 159 Å². The van der Waals surface area contributed by atoms with Crippen molar-refractivity contribution in [3.05, 3.63) is 34.9 Å². The molecule has 0 atom stereocenters. The minimum absolute atomic E-state index is 0.0636. The van der Waals surface area contributed by atoms with Gasteiger partial charge in [0.1, 0.15) is 0 Å². The Morgan fingerprint density at radius 1 is 0.923 bits per heavy atom. The third-order valence-electron chi connectivity index (χ3n) is 4.37. The molecular formula is C19H25ClN2O4. The average Bonchev–Trinajstić information content (AvgIpc) is 2.66. The van der Waals surface area contributed by atoms with E-state index in [1.165, 1.54) is 0 Å². The van der Waals surface area contributed by atoms with Crippen LogP contribution in [0.3, 0.4) is 0 Å². The van der Waals surface area contributed by atoms with Crippen LogP contribution < -0.4 is 0 Å². The lowest BCUT2D eigenvalue weighted by Crippen LogP contribution is -2.50. The Hall–Kier alpha value is -2.08. The van der Waals surface area contributed by atoms with Crippen LogP contribution in [-0.4, -0.2) is 60.4 Å². The monoisotopic (exact) mass is 380 g/mol. The average molecular weight is 381 g/mol. The van der Waals surface area contributed by atoms with Gasteiger partial charge in [-0.1, -0.05) is 23.7 Å². The summed E-state index contributed by atoms with van der Waals surface area (Å²) in [6.07, 6.45) is 1.38. The fourth-order valence-corrected chi connectivity index (χ4v) is 2.99. The summed E-state index contributed by atoms with van der Waals surface area (Å²) in [5, 5.41) is 0.684. The fraction of sp³-hybridized carbons (Fsp3) is 0.526. The Morgan fingerprint density at radius 2 is 1.46 bits per heavy atom. The van der Waals surface area contributed by atoms with Gasteiger partial charge < -0.3 is 14.5 Å². The molecule has 1 saturated heterocycles. The molecule has 0 bridgehead atoms. The summed E-state index contributed by atoms with van der Waals surface area (Å²) in [5.41, 5.74) is 1.08. The van der Waals surface area contributed by atoms with Gasteiger partial charge in [-0.15, -0.1) is 0 Å². The minimum Gasteiger partial charge on any atom is -0.466 e. The molecule has 0 spiro atoms. The molecule has 0 aromatic heterocycles. The normalized spacial score (nSPS) is 14.2. The summed E-state index contributed by atoms with van der Waals surface area (Å²) < 4.78 is 4.83. The summed E-state index contributed by atoms with van der Waals surface area (Å²) in [6, 6.07) is 7.50. The second-order valence-corrected chi connectivity index (χ2v) is 6.63. The van der Waals surface area contributed by atoms with Gasteiger partial charge in [0, 0.05) is 44.0 Å². The van der Waals surface area contributed by atoms with Gasteiger partial charge in [-0.25, -0.2) is 0 Å². The van der Waals surface area contributed by atoms with Crippen LogP contribution in [0.2, 0.25) is 5.02 Å². The molecule has 0 unspecified atom stereocenters. The molecule has 6 nitrogen and oxygen atoms in total. The lowest BCUT2D eigenvalue weighted by atomic mass is 10.1. The van der Waals surface area contributed by atoms with Gasteiger partial charge >= 0.3 is 5.97 Å². The summed E-state index contributed by atoms with van der Waals surface area (Å²) in [4.78, 5) is 39.3. The molecule has 0 N–H and O–H groups in total. The number of hydrogen-bond acceptors (Lipinski definition) is 4. The van der Waals surface area contributed by atoms with Crippen LogP contribution in [0.4, 0.5) is 0 Å². The number of ether oxygens (including phenoxy) is 1. The van der Waals surface area contributed by atoms with Gasteiger partial charge in [-0.05, 0) is 31.0 Å². The second-order valence-electron chi connectivity index (χ2n) is 6.19. The van der Waals surface area contributed by atoms with Gasteiger partial charge in [-0.3, -0.25) is 14.4 Å². The Balaban J connectivity index is 1.69. The summed E-state index contributed by atoms with van der Waals surface area (Å²) in [5.74, 6) is -0.318. The van der Waals surface area contributed by atoms with E-state index in [0.29, 0.717) is 50.7 Å². The highest BCUT2D eigenvalue weighted by Crippen LogP contribution is 2.13. The fourth-order valence-electron chi connectivity index (χ4n) is 2.87. The van der Waals surface area contributed by atoms with Gasteiger partial charge in [-0.2, -0.15) is 0 Å². The number of piperazine rings is 1. The van der Waals surface area contributed by atoms with Crippen molar-refractivity contribution >= 4 is 29.4 Å². The van der Waals surface area contributed by atoms with Crippen molar-refractivity contribution in [2.75, 3.05) is 32.8 Å². The molecule has 1 aromatic carbocycles. The van der Waals surface area contributed by atoms with Gasteiger partial charge in [0.15, 0.2) is 0 Å². The number of aryl methyl sites for hydroxylation is 1. The van der Waals surface area contributed by atoms with Crippen molar-refractivity contribution in [1.29, 1.82) is 0 Å². The highest BCUT2D eigenvalue weighted by molar-refractivity contribution is 6.30. The quantitative estimate of drug-likeness (QED) is 0.681. The van der Waals surface area contributed by atoms with E-state index in [0.717, 1.165) is 5.56 Å². The maximum atomic E-state index is 12.3. The van der Waals surface area contributed by atoms with Crippen LogP contribution in [-0.2, 0) is 25.5 Å². The first-order chi connectivity index (χ1) is 12.5. The smallest absolute Gasteiger partial charge is 0.306 e. The second kappa shape index (κ2) is 10.2. The topological polar surface area (TPSA) is 66.9 Å². The van der Waals surface area contributed by atoms with Crippen LogP contribution in [0.25, 0.3) is 0 Å². The SMILES string of the molecule is CCOC(=O)CCC(=O)N1CCN(C(=O)CCc2ccc(Cl)cc2)CC1. The Bertz CT molecular complexity index is 625. The highest BCUT2D eigenvalue weighted by atomic mass is 35.5. The first-order valence-corrected chi connectivity index (χ1v) is 9.33. The molecule has 1 heterocycles. The Morgan fingerprint density at radius 3 is 2.00 bits per heavy atom. The molecule has 26 heavy (non-hydrogen) atoms. The molecule has 2 amide bonds. The molecule has 2 rings (SSSR count). The lowest BCUT2D eigenvalue weighted by molar-refractivity contribution is -0.146. The zero-order chi connectivity index (χ0) is 18.9. The standard InChI is InChI=1S/C19H25ClN2O4/c1-2-26-19(25)10-9-18(24)22-13-11-21(12-14-22)17(23)8-5-15-3-6-16(20)7-4-15/h3-4,6-7H,2,5,8-14H2,1H3. The van der Waals surface area contributed by atoms with Gasteiger partial charge in [0.25, 0.3) is 0 Å². The molecule has 1 fully saturated rings. The van der Waals surface area contributed by atoms with Crippen LogP contribution in [0.5, 0.6) is 0 Å². The maximum absolute atomic E-state index is 12.3. The zero-order valence-corrected chi connectivity index (χ0v) is 15.8. The summed E-state index contributed by atoms with van der Waals surface area (Å²) >= 11 is 5.86. The number of halogens is 1. The first kappa shape index (κ1) is 20.2. The Kier molecular flexibility index (Phi) is 7.91. The van der Waals surface area contributed by atoms with Crippen molar-refractivity contribution in [3.63, 3.8) is 0 Å². The van der Waals surface area contributed by atoms with E-state index < -0.39 is 0 Å². The predicted molar refractivity (Wildman–Crippen MR) is 98.8 cm³/mol. The zero-order valence-electron chi connectivity index (χ0n) is 15.1. The number of esters is 1. The predicted octanol–water partition coefficient (Wildman–Crippen LogP) is 2.29. The van der Waals surface area contributed by atoms with E-state index >= 15 is 0 Å². The van der Waals surface area contributed by atoms with Crippen molar-refractivity contribution in [2.45, 2.75) is 32.6 Å². The summed E-state index contributed by atoms with van der Waals surface area (Å²) in [6.45, 7) is 4.14. The van der Waals surface area contributed by atoms with Gasteiger partial charge in [0.05, 0.1) is 13.0 Å². The van der Waals surface area contributed by atoms with E-state index in [-0.39, 0.29) is 30.6 Å². The molecule has 0 aliphatic carbocycles. The molecule has 0 saturated carbocycles. The highest BCUT2D eigenvalue weighted by Gasteiger charge is 2.24. The van der Waals surface area contributed by atoms with Gasteiger partial charge in [0.2, 0.25) is 11.8 Å². The number of carbonyl (C=O) groups is 3. The summed E-state index contributed by atoms with van der Waals surface area (Å²) in [7, 11) is 0. The number of benzene rings is 1. The largest absolute Gasteiger partial charge is 0.466 e. The van der Waals surface area contributed by atoms with Crippen LogP contribution >= 0.6 is 11.6 Å². The number of carbonyl (C=O) groups excluding carboxylic acids is 3. The molecular weight excluding hydrogens is 356 g/mol. The molecule has 1 aliphatic heterocycles. The van der Waals surface area contributed by atoms with Crippen molar-refractivity contribution in [2.24, 2.45) is 0 Å². The van der Waals surface area contributed by atoms with Crippen molar-refractivity contribution in [1.82, 2.24) is 9.80 Å². The van der Waals surface area contributed by atoms with E-state index in [1.54, 1.807) is 16.7 Å². The van der Waals surface area contributed by atoms with E-state index in [1.807, 2.05) is 24.3 Å². The lowest BCUT2D eigenvalue weighted by Gasteiger charge is -2.35. The van der Waals surface area contributed by atoms with E-state index in [2.05, 4.69) is 0 Å². The molecule has 7 heteroatoms. The minimum atomic E-state index is -0.350. The molecule has 0 radical (unpaired) electrons. The maximum Gasteiger partial charge on any atom is 0.306 e. The number of hydrogen-bond donors (Lipinski definition) is 0. The molecule has 142 valence electrons. The first-order valence-electron chi connectivity index (χ1n) is 8.95. The van der Waals surface area contributed by atoms with Crippen molar-refractivity contribution < 1.29 is 19.1 Å². The molecule has 1 aliphatic rings. The number of amides is 2. The third kappa shape index (κ3) is 6.33. The number of nitrogens with zero attached hydrogens (tertiary/aromatic N) is 2. The van der Waals surface area contributed by atoms with Crippen LogP contribution in [0.1, 0.15) is 31.7 Å².